The summed E-state index contributed by atoms with van der Waals surface area (Å²) in [5.74, 6) is 0.644. The quantitative estimate of drug-likeness (QED) is 0.843. The summed E-state index contributed by atoms with van der Waals surface area (Å²) < 4.78 is 2.15. The molecule has 0 saturated carbocycles. The molecule has 1 atom stereocenters. The van der Waals surface area contributed by atoms with Crippen LogP contribution in [0.5, 0.6) is 0 Å². The van der Waals surface area contributed by atoms with Crippen molar-refractivity contribution in [1.29, 1.82) is 0 Å². The Morgan fingerprint density at radius 1 is 1.33 bits per heavy atom. The zero-order valence-corrected chi connectivity index (χ0v) is 12.1. The fraction of sp³-hybridized carbons (Fsp3) is 0.500. The van der Waals surface area contributed by atoms with Gasteiger partial charge in [0.05, 0.1) is 5.69 Å². The summed E-state index contributed by atoms with van der Waals surface area (Å²) in [5.41, 5.74) is 7.97. The zero-order valence-electron chi connectivity index (χ0n) is 11.3. The van der Waals surface area contributed by atoms with Gasteiger partial charge in [-0.2, -0.15) is 0 Å². The minimum absolute atomic E-state index is 0.562. The summed E-state index contributed by atoms with van der Waals surface area (Å²) in [4.78, 5) is 4.72. The third-order valence-corrected chi connectivity index (χ3v) is 4.68. The van der Waals surface area contributed by atoms with Gasteiger partial charge in [-0.3, -0.25) is 0 Å². The molecule has 98 valence electrons. The number of fused-ring (bicyclic) bond motifs is 1. The van der Waals surface area contributed by atoms with Crippen LogP contribution in [-0.2, 0) is 6.42 Å². The van der Waals surface area contributed by atoms with Crippen molar-refractivity contribution in [3.05, 3.63) is 30.1 Å². The Kier molecular flexibility index (Phi) is 4.30. The van der Waals surface area contributed by atoms with Gasteiger partial charge in [-0.1, -0.05) is 26.8 Å². The number of pyridine rings is 1. The fourth-order valence-electron chi connectivity index (χ4n) is 1.80. The number of hydrogen-bond donors (Lipinski definition) is 1. The van der Waals surface area contributed by atoms with Crippen LogP contribution in [0.25, 0.3) is 5.65 Å². The molecule has 2 aromatic heterocycles. The minimum Gasteiger partial charge on any atom is -0.330 e. The number of nitrogens with two attached hydrogens (primary N) is 1. The van der Waals surface area contributed by atoms with E-state index in [2.05, 4.69) is 31.4 Å². The molecule has 0 aliphatic carbocycles. The minimum atomic E-state index is 0.562. The van der Waals surface area contributed by atoms with Crippen LogP contribution in [0.2, 0.25) is 0 Å². The first kappa shape index (κ1) is 13.4. The lowest BCUT2D eigenvalue weighted by molar-refractivity contribution is 0.641. The van der Waals surface area contributed by atoms with Crippen molar-refractivity contribution in [1.82, 2.24) is 9.38 Å². The van der Waals surface area contributed by atoms with Gasteiger partial charge in [0.2, 0.25) is 0 Å². The molecule has 0 saturated heterocycles. The van der Waals surface area contributed by atoms with Gasteiger partial charge in [-0.05, 0) is 24.6 Å². The van der Waals surface area contributed by atoms with E-state index < -0.39 is 0 Å². The molecule has 18 heavy (non-hydrogen) atoms. The third kappa shape index (κ3) is 2.70. The lowest BCUT2D eigenvalue weighted by Crippen LogP contribution is -2.09. The summed E-state index contributed by atoms with van der Waals surface area (Å²) in [5, 5.41) is 1.69. The molecule has 0 aliphatic heterocycles. The highest BCUT2D eigenvalue weighted by molar-refractivity contribution is 7.99. The van der Waals surface area contributed by atoms with E-state index in [-0.39, 0.29) is 0 Å². The average molecular weight is 263 g/mol. The van der Waals surface area contributed by atoms with Gasteiger partial charge in [0.15, 0.2) is 0 Å². The molecular weight excluding hydrogens is 242 g/mol. The highest BCUT2D eigenvalue weighted by Gasteiger charge is 2.16. The van der Waals surface area contributed by atoms with E-state index in [9.17, 15) is 0 Å². The maximum atomic E-state index is 5.72. The van der Waals surface area contributed by atoms with E-state index in [1.165, 1.54) is 5.69 Å². The molecule has 0 amide bonds. The van der Waals surface area contributed by atoms with Gasteiger partial charge in [0, 0.05) is 17.9 Å². The van der Waals surface area contributed by atoms with Gasteiger partial charge in [-0.15, -0.1) is 11.8 Å². The molecule has 2 N–H and O–H groups in total. The standard InChI is InChI=1S/C14H21N3S/c1-10(2)11(3)18-14-12(7-8-15)17-9-5-4-6-13(17)16-14/h4-6,9-11H,7-8,15H2,1-3H3. The van der Waals surface area contributed by atoms with E-state index >= 15 is 0 Å². The van der Waals surface area contributed by atoms with Crippen LogP contribution in [0.3, 0.4) is 0 Å². The molecule has 1 unspecified atom stereocenters. The predicted octanol–water partition coefficient (Wildman–Crippen LogP) is 2.97. The van der Waals surface area contributed by atoms with Crippen molar-refractivity contribution < 1.29 is 0 Å². The van der Waals surface area contributed by atoms with Gasteiger partial charge in [0.25, 0.3) is 0 Å². The number of aromatic nitrogens is 2. The highest BCUT2D eigenvalue weighted by atomic mass is 32.2. The first-order valence-corrected chi connectivity index (χ1v) is 7.34. The van der Waals surface area contributed by atoms with Gasteiger partial charge in [0.1, 0.15) is 10.7 Å². The third-order valence-electron chi connectivity index (χ3n) is 3.21. The van der Waals surface area contributed by atoms with Crippen LogP contribution in [0.15, 0.2) is 29.4 Å². The lowest BCUT2D eigenvalue weighted by Gasteiger charge is -2.14. The molecule has 2 heterocycles. The van der Waals surface area contributed by atoms with Crippen molar-refractivity contribution >= 4 is 17.4 Å². The molecule has 3 nitrogen and oxygen atoms in total. The average Bonchev–Trinajstić information content (AvgIpc) is 2.68. The largest absolute Gasteiger partial charge is 0.330 e. The van der Waals surface area contributed by atoms with E-state index in [0.717, 1.165) is 17.1 Å². The van der Waals surface area contributed by atoms with Crippen molar-refractivity contribution in [2.45, 2.75) is 37.5 Å². The van der Waals surface area contributed by atoms with Crippen molar-refractivity contribution in [3.63, 3.8) is 0 Å². The number of thioether (sulfide) groups is 1. The fourth-order valence-corrected chi connectivity index (χ4v) is 2.90. The van der Waals surface area contributed by atoms with E-state index in [1.54, 1.807) is 0 Å². The van der Waals surface area contributed by atoms with Crippen LogP contribution in [-0.4, -0.2) is 21.2 Å². The summed E-state index contributed by atoms with van der Waals surface area (Å²) in [6, 6.07) is 6.11. The van der Waals surface area contributed by atoms with Gasteiger partial charge in [-0.25, -0.2) is 4.98 Å². The summed E-state index contributed by atoms with van der Waals surface area (Å²) in [7, 11) is 0. The van der Waals surface area contributed by atoms with Crippen molar-refractivity contribution in [3.8, 4) is 0 Å². The summed E-state index contributed by atoms with van der Waals surface area (Å²) in [6.07, 6.45) is 2.94. The number of hydrogen-bond acceptors (Lipinski definition) is 3. The van der Waals surface area contributed by atoms with Crippen LogP contribution in [0.1, 0.15) is 26.5 Å². The molecule has 0 radical (unpaired) electrons. The Morgan fingerprint density at radius 2 is 2.11 bits per heavy atom. The van der Waals surface area contributed by atoms with Gasteiger partial charge >= 0.3 is 0 Å². The second-order valence-electron chi connectivity index (χ2n) is 4.90. The molecule has 2 aromatic rings. The molecule has 0 bridgehead atoms. The second kappa shape index (κ2) is 5.76. The van der Waals surface area contributed by atoms with E-state index in [1.807, 2.05) is 30.0 Å². The first-order chi connectivity index (χ1) is 8.63. The lowest BCUT2D eigenvalue weighted by atomic mass is 10.2. The molecule has 2 rings (SSSR count). The summed E-state index contributed by atoms with van der Waals surface area (Å²) in [6.45, 7) is 7.41. The monoisotopic (exact) mass is 263 g/mol. The van der Waals surface area contributed by atoms with Crippen LogP contribution >= 0.6 is 11.8 Å². The number of rotatable bonds is 5. The molecule has 0 fully saturated rings. The number of imidazole rings is 1. The molecule has 0 aliphatic rings. The van der Waals surface area contributed by atoms with E-state index in [4.69, 9.17) is 10.7 Å². The topological polar surface area (TPSA) is 43.3 Å². The Balaban J connectivity index is 2.39. The SMILES string of the molecule is CC(C)C(C)Sc1nc2ccccn2c1CCN. The number of nitrogens with zero attached hydrogens (tertiary/aromatic N) is 2. The van der Waals surface area contributed by atoms with Crippen molar-refractivity contribution in [2.75, 3.05) is 6.54 Å². The van der Waals surface area contributed by atoms with E-state index in [0.29, 0.717) is 17.7 Å². The highest BCUT2D eigenvalue weighted by Crippen LogP contribution is 2.30. The Labute approximate surface area is 113 Å². The second-order valence-corrected chi connectivity index (χ2v) is 6.26. The smallest absolute Gasteiger partial charge is 0.138 e. The Morgan fingerprint density at radius 3 is 2.78 bits per heavy atom. The maximum absolute atomic E-state index is 5.72. The maximum Gasteiger partial charge on any atom is 0.138 e. The Bertz CT molecular complexity index is 519. The summed E-state index contributed by atoms with van der Waals surface area (Å²) >= 11 is 1.86. The van der Waals surface area contributed by atoms with Crippen molar-refractivity contribution in [2.24, 2.45) is 11.7 Å². The predicted molar refractivity (Wildman–Crippen MR) is 78.1 cm³/mol. The first-order valence-electron chi connectivity index (χ1n) is 6.46. The Hall–Kier alpha value is -1.00. The molecular formula is C14H21N3S. The zero-order chi connectivity index (χ0) is 13.1. The van der Waals surface area contributed by atoms with Crippen LogP contribution in [0.4, 0.5) is 0 Å². The molecule has 4 heteroatoms. The van der Waals surface area contributed by atoms with Crippen LogP contribution in [0, 0.1) is 5.92 Å². The molecule has 0 spiro atoms. The van der Waals surface area contributed by atoms with Gasteiger partial charge < -0.3 is 10.1 Å². The normalized spacial score (nSPS) is 13.4. The van der Waals surface area contributed by atoms with Crippen LogP contribution < -0.4 is 5.73 Å². The molecule has 0 aromatic carbocycles.